The minimum absolute atomic E-state index is 0.0133. The van der Waals surface area contributed by atoms with Gasteiger partial charge in [-0.25, -0.2) is 0 Å². The van der Waals surface area contributed by atoms with Crippen LogP contribution in [0.25, 0.3) is 0 Å². The molecule has 4 rings (SSSR count). The first-order valence-corrected chi connectivity index (χ1v) is 8.40. The Morgan fingerprint density at radius 2 is 1.40 bits per heavy atom. The van der Waals surface area contributed by atoms with Crippen LogP contribution in [0.1, 0.15) is 17.2 Å². The fraction of sp³-hybridized carbons (Fsp3) is 0.136. The van der Waals surface area contributed by atoms with Crippen molar-refractivity contribution in [1.82, 2.24) is 0 Å². The maximum Gasteiger partial charge on any atom is 0.271 e. The molecule has 0 bridgehead atoms. The van der Waals surface area contributed by atoms with Crippen LogP contribution in [-0.4, -0.2) is 12.0 Å². The Labute approximate surface area is 147 Å². The minimum Gasteiger partial charge on any atom is -0.478 e. The van der Waals surface area contributed by atoms with Gasteiger partial charge >= 0.3 is 0 Å². The molecular weight excluding hydrogens is 310 g/mol. The number of amides is 1. The highest BCUT2D eigenvalue weighted by Crippen LogP contribution is 2.41. The molecule has 3 aromatic carbocycles. The van der Waals surface area contributed by atoms with Crippen molar-refractivity contribution in [3.8, 4) is 5.75 Å². The van der Waals surface area contributed by atoms with Crippen LogP contribution in [0.2, 0.25) is 0 Å². The van der Waals surface area contributed by atoms with Crippen LogP contribution in [0.5, 0.6) is 5.75 Å². The molecule has 0 spiro atoms. The lowest BCUT2D eigenvalue weighted by Crippen LogP contribution is -2.61. The lowest BCUT2D eigenvalue weighted by molar-refractivity contribution is -0.135. The summed E-state index contributed by atoms with van der Waals surface area (Å²) >= 11 is 0. The smallest absolute Gasteiger partial charge is 0.271 e. The van der Waals surface area contributed by atoms with Crippen LogP contribution < -0.4 is 9.64 Å². The summed E-state index contributed by atoms with van der Waals surface area (Å²) in [4.78, 5) is 14.6. The zero-order valence-corrected chi connectivity index (χ0v) is 14.0. The Morgan fingerprint density at radius 3 is 2.04 bits per heavy atom. The number of β-lactam (4-membered cyclic amide) rings is 1. The molecule has 124 valence electrons. The van der Waals surface area contributed by atoms with Gasteiger partial charge < -0.3 is 4.74 Å². The Hall–Kier alpha value is -3.07. The monoisotopic (exact) mass is 329 g/mol. The van der Waals surface area contributed by atoms with Crippen molar-refractivity contribution in [3.63, 3.8) is 0 Å². The molecule has 3 nitrogen and oxygen atoms in total. The largest absolute Gasteiger partial charge is 0.478 e. The zero-order valence-electron chi connectivity index (χ0n) is 14.0. The maximum atomic E-state index is 12.8. The van der Waals surface area contributed by atoms with Crippen molar-refractivity contribution < 1.29 is 9.53 Å². The number of benzene rings is 3. The molecule has 2 atom stereocenters. The van der Waals surface area contributed by atoms with Gasteiger partial charge in [-0.05, 0) is 36.8 Å². The highest BCUT2D eigenvalue weighted by Gasteiger charge is 2.50. The summed E-state index contributed by atoms with van der Waals surface area (Å²) in [5.41, 5.74) is 3.17. The summed E-state index contributed by atoms with van der Waals surface area (Å²) in [7, 11) is 0. The van der Waals surface area contributed by atoms with Gasteiger partial charge in [0.15, 0.2) is 0 Å². The first kappa shape index (κ1) is 15.5. The van der Waals surface area contributed by atoms with Crippen molar-refractivity contribution in [3.05, 3.63) is 96.1 Å². The van der Waals surface area contributed by atoms with Crippen LogP contribution in [0.4, 0.5) is 5.69 Å². The van der Waals surface area contributed by atoms with Crippen molar-refractivity contribution in [1.29, 1.82) is 0 Å². The third-order valence-electron chi connectivity index (χ3n) is 4.51. The summed E-state index contributed by atoms with van der Waals surface area (Å²) in [6.45, 7) is 2.06. The predicted molar refractivity (Wildman–Crippen MR) is 98.7 cm³/mol. The van der Waals surface area contributed by atoms with Crippen LogP contribution >= 0.6 is 0 Å². The van der Waals surface area contributed by atoms with E-state index in [2.05, 4.69) is 31.2 Å². The number of aryl methyl sites for hydroxylation is 1. The molecule has 3 heteroatoms. The fourth-order valence-electron chi connectivity index (χ4n) is 3.19. The molecule has 0 aromatic heterocycles. The highest BCUT2D eigenvalue weighted by atomic mass is 16.5. The number of ether oxygens (including phenoxy) is 1. The molecule has 25 heavy (non-hydrogen) atoms. The van der Waals surface area contributed by atoms with Gasteiger partial charge in [-0.2, -0.15) is 0 Å². The molecule has 1 saturated heterocycles. The molecule has 0 saturated carbocycles. The fourth-order valence-corrected chi connectivity index (χ4v) is 3.19. The molecule has 1 heterocycles. The molecule has 0 aliphatic carbocycles. The summed E-state index contributed by atoms with van der Waals surface area (Å²) in [6.07, 6.45) is -0.509. The van der Waals surface area contributed by atoms with Crippen molar-refractivity contribution in [2.24, 2.45) is 0 Å². The number of hydrogen-bond donors (Lipinski definition) is 0. The number of anilines is 1. The van der Waals surface area contributed by atoms with E-state index in [1.165, 1.54) is 5.56 Å². The number of para-hydroxylation sites is 2. The van der Waals surface area contributed by atoms with E-state index in [0.29, 0.717) is 5.75 Å². The minimum atomic E-state index is -0.509. The zero-order chi connectivity index (χ0) is 17.2. The van der Waals surface area contributed by atoms with Gasteiger partial charge in [-0.1, -0.05) is 66.2 Å². The van der Waals surface area contributed by atoms with E-state index in [9.17, 15) is 4.79 Å². The lowest BCUT2D eigenvalue weighted by Gasteiger charge is -2.46. The molecule has 0 N–H and O–H groups in total. The SMILES string of the molecule is Cc1ccc(C2[C@@H](Oc3ccccc3)C(=O)N2c2ccccc2)cc1. The first-order chi connectivity index (χ1) is 12.2. The summed E-state index contributed by atoms with van der Waals surface area (Å²) in [5, 5.41) is 0. The number of hydrogen-bond acceptors (Lipinski definition) is 2. The van der Waals surface area contributed by atoms with Crippen LogP contribution in [0, 0.1) is 6.92 Å². The molecule has 1 aliphatic heterocycles. The quantitative estimate of drug-likeness (QED) is 0.658. The van der Waals surface area contributed by atoms with Crippen molar-refractivity contribution in [2.45, 2.75) is 19.1 Å². The second kappa shape index (κ2) is 6.44. The molecular formula is C22H19NO2. The molecule has 1 unspecified atom stereocenters. The normalized spacial score (nSPS) is 19.4. The van der Waals surface area contributed by atoms with E-state index in [1.54, 1.807) is 0 Å². The van der Waals surface area contributed by atoms with Crippen molar-refractivity contribution in [2.75, 3.05) is 4.90 Å². The average Bonchev–Trinajstić information content (AvgIpc) is 2.66. The van der Waals surface area contributed by atoms with Gasteiger partial charge in [0.05, 0.1) is 0 Å². The van der Waals surface area contributed by atoms with Gasteiger partial charge in [-0.3, -0.25) is 9.69 Å². The average molecular weight is 329 g/mol. The molecule has 1 aliphatic rings. The molecule has 1 fully saturated rings. The van der Waals surface area contributed by atoms with E-state index >= 15 is 0 Å². The summed E-state index contributed by atoms with van der Waals surface area (Å²) in [5.74, 6) is 0.700. The number of nitrogens with zero attached hydrogens (tertiary/aromatic N) is 1. The summed E-state index contributed by atoms with van der Waals surface area (Å²) in [6, 6.07) is 27.4. The molecule has 0 radical (unpaired) electrons. The number of carbonyl (C=O) groups is 1. The maximum absolute atomic E-state index is 12.8. The van der Waals surface area contributed by atoms with Gasteiger partial charge in [0.25, 0.3) is 5.91 Å². The van der Waals surface area contributed by atoms with Crippen molar-refractivity contribution >= 4 is 11.6 Å². The standard InChI is InChI=1S/C22H19NO2/c1-16-12-14-17(15-13-16)20-21(25-19-10-6-3-7-11-19)22(24)23(20)18-8-4-2-5-9-18/h2-15,20-21H,1H3/t20?,21-/m1/s1. The lowest BCUT2D eigenvalue weighted by atomic mass is 9.89. The van der Waals surface area contributed by atoms with E-state index < -0.39 is 6.10 Å². The van der Waals surface area contributed by atoms with E-state index in [1.807, 2.05) is 65.6 Å². The third kappa shape index (κ3) is 2.89. The number of carbonyl (C=O) groups excluding carboxylic acids is 1. The van der Waals surface area contributed by atoms with Gasteiger partial charge in [-0.15, -0.1) is 0 Å². The van der Waals surface area contributed by atoms with Gasteiger partial charge in [0.1, 0.15) is 11.8 Å². The van der Waals surface area contributed by atoms with Gasteiger partial charge in [0, 0.05) is 5.69 Å². The van der Waals surface area contributed by atoms with Crippen LogP contribution in [-0.2, 0) is 4.79 Å². The van der Waals surface area contributed by atoms with E-state index in [0.717, 1.165) is 11.3 Å². The third-order valence-corrected chi connectivity index (χ3v) is 4.51. The van der Waals surface area contributed by atoms with E-state index in [4.69, 9.17) is 4.74 Å². The van der Waals surface area contributed by atoms with Crippen LogP contribution in [0.3, 0.4) is 0 Å². The Balaban J connectivity index is 1.68. The topological polar surface area (TPSA) is 29.5 Å². The predicted octanol–water partition coefficient (Wildman–Crippen LogP) is 4.53. The molecule has 3 aromatic rings. The second-order valence-electron chi connectivity index (χ2n) is 6.25. The Bertz CT molecular complexity index is 860. The Kier molecular flexibility index (Phi) is 3.98. The number of rotatable bonds is 4. The Morgan fingerprint density at radius 1 is 0.800 bits per heavy atom. The molecule has 1 amide bonds. The first-order valence-electron chi connectivity index (χ1n) is 8.40. The summed E-state index contributed by atoms with van der Waals surface area (Å²) < 4.78 is 6.02. The van der Waals surface area contributed by atoms with Gasteiger partial charge in [0.2, 0.25) is 6.10 Å². The van der Waals surface area contributed by atoms with Crippen LogP contribution in [0.15, 0.2) is 84.9 Å². The second-order valence-corrected chi connectivity index (χ2v) is 6.25. The van der Waals surface area contributed by atoms with E-state index in [-0.39, 0.29) is 11.9 Å². The highest BCUT2D eigenvalue weighted by molar-refractivity contribution is 6.05.